The quantitative estimate of drug-likeness (QED) is 0.726. The second-order valence-electron chi connectivity index (χ2n) is 5.01. The van der Waals surface area contributed by atoms with Crippen LogP contribution < -0.4 is 11.1 Å². The van der Waals surface area contributed by atoms with E-state index in [4.69, 9.17) is 5.73 Å². The van der Waals surface area contributed by atoms with Crippen molar-refractivity contribution in [2.24, 2.45) is 11.1 Å². The van der Waals surface area contributed by atoms with E-state index < -0.39 is 5.41 Å². The Kier molecular flexibility index (Phi) is 4.90. The summed E-state index contributed by atoms with van der Waals surface area (Å²) in [5, 5.41) is 9.87. The molecule has 102 valence electrons. The molecule has 0 aliphatic heterocycles. The molecule has 1 amide bonds. The van der Waals surface area contributed by atoms with Gasteiger partial charge in [-0.2, -0.15) is 5.10 Å². The topological polar surface area (TPSA) is 83.8 Å². The summed E-state index contributed by atoms with van der Waals surface area (Å²) in [5.74, 6) is 0.889. The summed E-state index contributed by atoms with van der Waals surface area (Å²) in [7, 11) is 0. The van der Waals surface area contributed by atoms with E-state index in [1.165, 1.54) is 0 Å². The fourth-order valence-corrected chi connectivity index (χ4v) is 1.90. The van der Waals surface area contributed by atoms with Gasteiger partial charge in [-0.3, -0.25) is 9.89 Å². The molecule has 0 radical (unpaired) electrons. The fourth-order valence-electron chi connectivity index (χ4n) is 1.90. The monoisotopic (exact) mass is 252 g/mol. The molecule has 1 aromatic rings. The van der Waals surface area contributed by atoms with Gasteiger partial charge in [0, 0.05) is 18.3 Å². The van der Waals surface area contributed by atoms with Crippen molar-refractivity contribution in [2.45, 2.75) is 46.5 Å². The zero-order valence-corrected chi connectivity index (χ0v) is 11.7. The fraction of sp³-hybridized carbons (Fsp3) is 0.692. The molecule has 0 saturated heterocycles. The molecule has 0 fully saturated rings. The lowest BCUT2D eigenvalue weighted by atomic mass is 9.81. The van der Waals surface area contributed by atoms with Crippen molar-refractivity contribution in [3.05, 3.63) is 11.8 Å². The minimum atomic E-state index is -0.489. The van der Waals surface area contributed by atoms with Gasteiger partial charge >= 0.3 is 0 Å². The Hall–Kier alpha value is -1.36. The van der Waals surface area contributed by atoms with Crippen LogP contribution in [0.1, 0.15) is 52.1 Å². The van der Waals surface area contributed by atoms with Gasteiger partial charge in [0.1, 0.15) is 0 Å². The molecule has 4 N–H and O–H groups in total. The molecule has 5 heteroatoms. The molecule has 1 heterocycles. The Morgan fingerprint density at radius 2 is 2.11 bits per heavy atom. The second kappa shape index (κ2) is 6.00. The number of rotatable bonds is 6. The van der Waals surface area contributed by atoms with Crippen molar-refractivity contribution in [3.63, 3.8) is 0 Å². The van der Waals surface area contributed by atoms with Crippen LogP contribution in [0, 0.1) is 5.41 Å². The molecule has 0 spiro atoms. The van der Waals surface area contributed by atoms with Crippen LogP contribution >= 0.6 is 0 Å². The van der Waals surface area contributed by atoms with Crippen LogP contribution in [0.25, 0.3) is 0 Å². The molecular formula is C13H24N4O. The Morgan fingerprint density at radius 3 is 2.50 bits per heavy atom. The minimum Gasteiger partial charge on any atom is -0.329 e. The first kappa shape index (κ1) is 14.7. The number of nitrogens with one attached hydrogen (secondary N) is 2. The van der Waals surface area contributed by atoms with Crippen LogP contribution in [0.15, 0.2) is 6.07 Å². The van der Waals surface area contributed by atoms with Crippen molar-refractivity contribution in [1.29, 1.82) is 0 Å². The molecule has 0 aromatic carbocycles. The Bertz CT molecular complexity index is 385. The number of nitrogens with zero attached hydrogens (tertiary/aromatic N) is 1. The van der Waals surface area contributed by atoms with E-state index in [0.29, 0.717) is 18.3 Å². The zero-order chi connectivity index (χ0) is 13.8. The number of aromatic nitrogens is 2. The van der Waals surface area contributed by atoms with Crippen molar-refractivity contribution in [2.75, 3.05) is 11.9 Å². The normalized spacial score (nSPS) is 11.9. The third-order valence-corrected chi connectivity index (χ3v) is 3.69. The van der Waals surface area contributed by atoms with Gasteiger partial charge in [0.2, 0.25) is 5.91 Å². The number of anilines is 1. The van der Waals surface area contributed by atoms with E-state index in [0.717, 1.165) is 18.5 Å². The maximum absolute atomic E-state index is 12.3. The smallest absolute Gasteiger partial charge is 0.233 e. The van der Waals surface area contributed by atoms with E-state index in [-0.39, 0.29) is 5.91 Å². The predicted octanol–water partition coefficient (Wildman–Crippen LogP) is 2.24. The Morgan fingerprint density at radius 1 is 1.50 bits per heavy atom. The SMILES string of the molecule is CCC(CC)(CN)C(=O)Nc1cc(C(C)C)[nH]n1. The van der Waals surface area contributed by atoms with Gasteiger partial charge in [0.25, 0.3) is 0 Å². The lowest BCUT2D eigenvalue weighted by Crippen LogP contribution is -2.41. The molecule has 0 atom stereocenters. The lowest BCUT2D eigenvalue weighted by Gasteiger charge is -2.27. The van der Waals surface area contributed by atoms with Crippen LogP contribution in [-0.4, -0.2) is 22.6 Å². The van der Waals surface area contributed by atoms with Gasteiger partial charge < -0.3 is 11.1 Å². The van der Waals surface area contributed by atoms with Gasteiger partial charge in [-0.1, -0.05) is 27.7 Å². The van der Waals surface area contributed by atoms with E-state index in [2.05, 4.69) is 29.4 Å². The first-order chi connectivity index (χ1) is 8.49. The molecule has 0 aliphatic rings. The van der Waals surface area contributed by atoms with E-state index in [1.807, 2.05) is 19.9 Å². The van der Waals surface area contributed by atoms with E-state index in [1.54, 1.807) is 0 Å². The second-order valence-corrected chi connectivity index (χ2v) is 5.01. The van der Waals surface area contributed by atoms with E-state index >= 15 is 0 Å². The minimum absolute atomic E-state index is 0.0446. The number of hydrogen-bond donors (Lipinski definition) is 3. The molecule has 18 heavy (non-hydrogen) atoms. The maximum Gasteiger partial charge on any atom is 0.233 e. The zero-order valence-electron chi connectivity index (χ0n) is 11.7. The number of carbonyl (C=O) groups is 1. The first-order valence-electron chi connectivity index (χ1n) is 6.56. The number of hydrogen-bond acceptors (Lipinski definition) is 3. The lowest BCUT2D eigenvalue weighted by molar-refractivity contribution is -0.125. The summed E-state index contributed by atoms with van der Waals surface area (Å²) in [5.41, 5.74) is 6.27. The molecule has 0 bridgehead atoms. The summed E-state index contributed by atoms with van der Waals surface area (Å²) in [6.45, 7) is 8.47. The average molecular weight is 252 g/mol. The third kappa shape index (κ3) is 2.90. The standard InChI is InChI=1S/C13H24N4O/c1-5-13(6-2,8-14)12(18)15-11-7-10(9(3)4)16-17-11/h7,9H,5-6,8,14H2,1-4H3,(H2,15,16,17,18). The average Bonchev–Trinajstić information content (AvgIpc) is 2.81. The highest BCUT2D eigenvalue weighted by Crippen LogP contribution is 2.27. The van der Waals surface area contributed by atoms with Gasteiger partial charge in [-0.25, -0.2) is 0 Å². The first-order valence-corrected chi connectivity index (χ1v) is 6.56. The van der Waals surface area contributed by atoms with Crippen LogP contribution in [0.3, 0.4) is 0 Å². The largest absolute Gasteiger partial charge is 0.329 e. The Balaban J connectivity index is 2.79. The van der Waals surface area contributed by atoms with E-state index in [9.17, 15) is 4.79 Å². The third-order valence-electron chi connectivity index (χ3n) is 3.69. The highest BCUT2D eigenvalue weighted by molar-refractivity contribution is 5.94. The van der Waals surface area contributed by atoms with Crippen LogP contribution in [0.4, 0.5) is 5.82 Å². The molecule has 1 aromatic heterocycles. The van der Waals surface area contributed by atoms with Gasteiger partial charge in [-0.05, 0) is 18.8 Å². The summed E-state index contributed by atoms with van der Waals surface area (Å²) >= 11 is 0. The molecule has 0 saturated carbocycles. The van der Waals surface area contributed by atoms with Crippen molar-refractivity contribution in [3.8, 4) is 0 Å². The summed E-state index contributed by atoms with van der Waals surface area (Å²) in [6, 6.07) is 1.87. The maximum atomic E-state index is 12.3. The predicted molar refractivity (Wildman–Crippen MR) is 73.4 cm³/mol. The van der Waals surface area contributed by atoms with Crippen molar-refractivity contribution < 1.29 is 4.79 Å². The summed E-state index contributed by atoms with van der Waals surface area (Å²) in [6.07, 6.45) is 1.46. The molecule has 1 rings (SSSR count). The molecular weight excluding hydrogens is 228 g/mol. The molecule has 0 aliphatic carbocycles. The number of amides is 1. The van der Waals surface area contributed by atoms with Crippen LogP contribution in [0.5, 0.6) is 0 Å². The van der Waals surface area contributed by atoms with Gasteiger partial charge in [0.05, 0.1) is 5.41 Å². The number of carbonyl (C=O) groups excluding carboxylic acids is 1. The highest BCUT2D eigenvalue weighted by atomic mass is 16.2. The molecule has 0 unspecified atom stereocenters. The number of H-pyrrole nitrogens is 1. The number of nitrogens with two attached hydrogens (primary N) is 1. The van der Waals surface area contributed by atoms with Gasteiger partial charge in [0.15, 0.2) is 5.82 Å². The van der Waals surface area contributed by atoms with Crippen LogP contribution in [0.2, 0.25) is 0 Å². The highest BCUT2D eigenvalue weighted by Gasteiger charge is 2.33. The summed E-state index contributed by atoms with van der Waals surface area (Å²) in [4.78, 5) is 12.3. The Labute approximate surface area is 109 Å². The summed E-state index contributed by atoms with van der Waals surface area (Å²) < 4.78 is 0. The van der Waals surface area contributed by atoms with Gasteiger partial charge in [-0.15, -0.1) is 0 Å². The van der Waals surface area contributed by atoms with Crippen molar-refractivity contribution in [1.82, 2.24) is 10.2 Å². The van der Waals surface area contributed by atoms with Crippen LogP contribution in [-0.2, 0) is 4.79 Å². The number of aromatic amines is 1. The molecule has 5 nitrogen and oxygen atoms in total. The van der Waals surface area contributed by atoms with Crippen molar-refractivity contribution >= 4 is 11.7 Å².